The number of nitrogens with zero attached hydrogens (tertiary/aromatic N) is 3. The van der Waals surface area contributed by atoms with Gasteiger partial charge in [-0.15, -0.1) is 0 Å². The Hall–Kier alpha value is -4.27. The van der Waals surface area contributed by atoms with Crippen molar-refractivity contribution in [1.29, 1.82) is 0 Å². The van der Waals surface area contributed by atoms with E-state index in [4.69, 9.17) is 9.72 Å². The van der Waals surface area contributed by atoms with Gasteiger partial charge in [0.25, 0.3) is 5.56 Å². The summed E-state index contributed by atoms with van der Waals surface area (Å²) in [6, 6.07) is 31.6. The third-order valence-electron chi connectivity index (χ3n) is 6.83. The van der Waals surface area contributed by atoms with Crippen LogP contribution in [0.1, 0.15) is 31.3 Å². The van der Waals surface area contributed by atoms with Crippen molar-refractivity contribution in [1.82, 2.24) is 13.9 Å². The number of para-hydroxylation sites is 1. The fourth-order valence-corrected chi connectivity index (χ4v) is 6.41. The Morgan fingerprint density at radius 1 is 0.850 bits per heavy atom. The second-order valence-corrected chi connectivity index (χ2v) is 11.3. The van der Waals surface area contributed by atoms with Crippen LogP contribution in [0.25, 0.3) is 16.6 Å². The lowest BCUT2D eigenvalue weighted by molar-refractivity contribution is 0.330. The third-order valence-corrected chi connectivity index (χ3v) is 8.81. The minimum atomic E-state index is -3.94. The molecule has 0 amide bonds. The molecular formula is C32H31N3O4S. The molecule has 1 unspecified atom stereocenters. The van der Waals surface area contributed by atoms with Gasteiger partial charge in [-0.05, 0) is 74.4 Å². The normalized spacial score (nSPS) is 12.5. The number of rotatable bonds is 10. The first-order valence-corrected chi connectivity index (χ1v) is 14.7. The molecule has 4 aromatic carbocycles. The van der Waals surface area contributed by atoms with Gasteiger partial charge in [0.05, 0.1) is 34.1 Å². The average Bonchev–Trinajstić information content (AvgIpc) is 2.99. The zero-order chi connectivity index (χ0) is 28.1. The Kier molecular flexibility index (Phi) is 8.09. The van der Waals surface area contributed by atoms with Gasteiger partial charge in [-0.3, -0.25) is 9.36 Å². The summed E-state index contributed by atoms with van der Waals surface area (Å²) >= 11 is 0. The van der Waals surface area contributed by atoms with E-state index in [1.807, 2.05) is 43.3 Å². The molecule has 0 saturated carbocycles. The van der Waals surface area contributed by atoms with Crippen LogP contribution >= 0.6 is 0 Å². The number of ether oxygens (including phenoxy) is 1. The Labute approximate surface area is 234 Å². The van der Waals surface area contributed by atoms with Gasteiger partial charge in [0.1, 0.15) is 11.6 Å². The Bertz CT molecular complexity index is 1750. The van der Waals surface area contributed by atoms with Crippen molar-refractivity contribution in [3.05, 3.63) is 131 Å². The van der Waals surface area contributed by atoms with Gasteiger partial charge in [-0.25, -0.2) is 13.4 Å². The molecule has 0 aliphatic heterocycles. The molecule has 0 bridgehead atoms. The first kappa shape index (κ1) is 27.3. The highest BCUT2D eigenvalue weighted by Gasteiger charge is 2.33. The number of aromatic nitrogens is 2. The number of hydrogen-bond donors (Lipinski definition) is 0. The Morgan fingerprint density at radius 2 is 1.48 bits per heavy atom. The summed E-state index contributed by atoms with van der Waals surface area (Å²) in [6.07, 6.45) is 0.498. The highest BCUT2D eigenvalue weighted by Crippen LogP contribution is 2.29. The summed E-state index contributed by atoms with van der Waals surface area (Å²) in [5, 5.41) is 0.453. The van der Waals surface area contributed by atoms with Gasteiger partial charge in [-0.1, -0.05) is 60.7 Å². The zero-order valence-electron chi connectivity index (χ0n) is 22.5. The quantitative estimate of drug-likeness (QED) is 0.219. The van der Waals surface area contributed by atoms with Crippen LogP contribution in [0.15, 0.2) is 119 Å². The van der Waals surface area contributed by atoms with E-state index >= 15 is 0 Å². The van der Waals surface area contributed by atoms with Crippen molar-refractivity contribution in [2.24, 2.45) is 0 Å². The molecule has 0 aliphatic rings. The van der Waals surface area contributed by atoms with Crippen LogP contribution in [0, 0.1) is 0 Å². The molecule has 1 heterocycles. The number of benzene rings is 4. The lowest BCUT2D eigenvalue weighted by atomic mass is 10.1. The van der Waals surface area contributed by atoms with E-state index in [1.54, 1.807) is 79.7 Å². The number of fused-ring (bicyclic) bond motifs is 1. The van der Waals surface area contributed by atoms with Crippen LogP contribution < -0.4 is 10.3 Å². The molecule has 0 aliphatic carbocycles. The maximum absolute atomic E-state index is 14.1. The maximum Gasteiger partial charge on any atom is 0.266 e. The van der Waals surface area contributed by atoms with Crippen LogP contribution in [0.3, 0.4) is 0 Å². The molecule has 204 valence electrons. The van der Waals surface area contributed by atoms with Gasteiger partial charge < -0.3 is 4.74 Å². The second-order valence-electron chi connectivity index (χ2n) is 9.40. The van der Waals surface area contributed by atoms with E-state index in [0.29, 0.717) is 41.2 Å². The van der Waals surface area contributed by atoms with Gasteiger partial charge in [0.15, 0.2) is 0 Å². The average molecular weight is 554 g/mol. The standard InChI is InChI=1S/C32H31N3O4S/c1-3-39-27-20-18-26(19-21-27)35-31(33-30-17-11-10-16-29(30)32(35)36)24(2)34(23-22-25-12-6-4-7-13-25)40(37,38)28-14-8-5-9-15-28/h4-21,24H,3,22-23H2,1-2H3. The molecule has 0 spiro atoms. The number of hydrogen-bond acceptors (Lipinski definition) is 5. The van der Waals surface area contributed by atoms with Crippen LogP contribution in [-0.2, 0) is 16.4 Å². The van der Waals surface area contributed by atoms with E-state index < -0.39 is 16.1 Å². The Morgan fingerprint density at radius 3 is 2.15 bits per heavy atom. The predicted molar refractivity (Wildman–Crippen MR) is 157 cm³/mol. The van der Waals surface area contributed by atoms with E-state index in [1.165, 1.54) is 8.87 Å². The van der Waals surface area contributed by atoms with Crippen LogP contribution in [0.5, 0.6) is 5.75 Å². The summed E-state index contributed by atoms with van der Waals surface area (Å²) in [4.78, 5) is 19.0. The summed E-state index contributed by atoms with van der Waals surface area (Å²) in [5.74, 6) is 1.01. The van der Waals surface area contributed by atoms with E-state index in [9.17, 15) is 13.2 Å². The smallest absolute Gasteiger partial charge is 0.266 e. The molecular weight excluding hydrogens is 522 g/mol. The van der Waals surface area contributed by atoms with E-state index in [0.717, 1.165) is 5.56 Å². The maximum atomic E-state index is 14.1. The van der Waals surface area contributed by atoms with Crippen LogP contribution in [0.4, 0.5) is 0 Å². The van der Waals surface area contributed by atoms with Crippen molar-refractivity contribution >= 4 is 20.9 Å². The molecule has 5 rings (SSSR count). The van der Waals surface area contributed by atoms with Crippen LogP contribution in [-0.4, -0.2) is 35.4 Å². The zero-order valence-corrected chi connectivity index (χ0v) is 23.3. The molecule has 0 saturated heterocycles. The van der Waals surface area contributed by atoms with Crippen molar-refractivity contribution in [2.45, 2.75) is 31.2 Å². The first-order valence-electron chi connectivity index (χ1n) is 13.3. The molecule has 7 nitrogen and oxygen atoms in total. The lowest BCUT2D eigenvalue weighted by Gasteiger charge is -2.30. The molecule has 0 N–H and O–H groups in total. The fourth-order valence-electron chi connectivity index (χ4n) is 4.80. The largest absolute Gasteiger partial charge is 0.494 e. The van der Waals surface area contributed by atoms with Crippen molar-refractivity contribution in [3.8, 4) is 11.4 Å². The van der Waals surface area contributed by atoms with Gasteiger partial charge in [0.2, 0.25) is 10.0 Å². The van der Waals surface area contributed by atoms with Crippen molar-refractivity contribution in [2.75, 3.05) is 13.2 Å². The summed E-state index contributed by atoms with van der Waals surface area (Å²) < 4.78 is 36.7. The number of sulfonamides is 1. The molecule has 40 heavy (non-hydrogen) atoms. The highest BCUT2D eigenvalue weighted by atomic mass is 32.2. The lowest BCUT2D eigenvalue weighted by Crippen LogP contribution is -2.38. The third kappa shape index (κ3) is 5.54. The topological polar surface area (TPSA) is 81.5 Å². The van der Waals surface area contributed by atoms with Gasteiger partial charge in [-0.2, -0.15) is 4.31 Å². The molecule has 0 radical (unpaired) electrons. The van der Waals surface area contributed by atoms with E-state index in [-0.39, 0.29) is 17.0 Å². The fraction of sp³-hybridized carbons (Fsp3) is 0.188. The van der Waals surface area contributed by atoms with Gasteiger partial charge >= 0.3 is 0 Å². The summed E-state index contributed by atoms with van der Waals surface area (Å²) in [5.41, 5.74) is 1.83. The van der Waals surface area contributed by atoms with Gasteiger partial charge in [0, 0.05) is 6.54 Å². The predicted octanol–water partition coefficient (Wildman–Crippen LogP) is 5.78. The second kappa shape index (κ2) is 11.9. The monoisotopic (exact) mass is 553 g/mol. The summed E-state index contributed by atoms with van der Waals surface area (Å²) in [7, 11) is -3.94. The minimum absolute atomic E-state index is 0.186. The molecule has 5 aromatic rings. The highest BCUT2D eigenvalue weighted by molar-refractivity contribution is 7.89. The van der Waals surface area contributed by atoms with Crippen molar-refractivity contribution < 1.29 is 13.2 Å². The molecule has 8 heteroatoms. The minimum Gasteiger partial charge on any atom is -0.494 e. The molecule has 1 atom stereocenters. The van der Waals surface area contributed by atoms with E-state index in [2.05, 4.69) is 0 Å². The first-order chi connectivity index (χ1) is 19.4. The summed E-state index contributed by atoms with van der Waals surface area (Å²) in [6.45, 7) is 4.41. The van der Waals surface area contributed by atoms with Crippen LogP contribution in [0.2, 0.25) is 0 Å². The van der Waals surface area contributed by atoms with Crippen molar-refractivity contribution in [3.63, 3.8) is 0 Å². The Balaban J connectivity index is 1.67. The molecule has 0 fully saturated rings. The molecule has 1 aromatic heterocycles. The SMILES string of the molecule is CCOc1ccc(-n2c(C(C)N(CCc3ccccc3)S(=O)(=O)c3ccccc3)nc3ccccc3c2=O)cc1.